The molecule has 0 bridgehead atoms. The highest BCUT2D eigenvalue weighted by molar-refractivity contribution is 6.02. The van der Waals surface area contributed by atoms with Crippen molar-refractivity contribution < 1.29 is 9.53 Å². The SMILES string of the molecule is COc1ccc2[nH]c3c(c2c1)C[C@@H](C)NC3=O. The predicted molar refractivity (Wildman–Crippen MR) is 65.5 cm³/mol. The van der Waals surface area contributed by atoms with Crippen molar-refractivity contribution in [3.63, 3.8) is 0 Å². The number of aromatic amines is 1. The first kappa shape index (κ1) is 10.2. The Morgan fingerprint density at radius 1 is 1.41 bits per heavy atom. The summed E-state index contributed by atoms with van der Waals surface area (Å²) in [6.45, 7) is 2.01. The van der Waals surface area contributed by atoms with Gasteiger partial charge in [-0.25, -0.2) is 0 Å². The highest BCUT2D eigenvalue weighted by atomic mass is 16.5. The topological polar surface area (TPSA) is 54.1 Å². The van der Waals surface area contributed by atoms with E-state index < -0.39 is 0 Å². The number of fused-ring (bicyclic) bond motifs is 3. The van der Waals surface area contributed by atoms with Gasteiger partial charge >= 0.3 is 0 Å². The Balaban J connectivity index is 2.26. The van der Waals surface area contributed by atoms with Crippen molar-refractivity contribution in [3.05, 3.63) is 29.5 Å². The second-order valence-corrected chi connectivity index (χ2v) is 4.47. The number of H-pyrrole nitrogens is 1. The lowest BCUT2D eigenvalue weighted by atomic mass is 9.99. The van der Waals surface area contributed by atoms with Gasteiger partial charge in [-0.2, -0.15) is 0 Å². The molecule has 0 spiro atoms. The zero-order valence-electron chi connectivity index (χ0n) is 9.83. The zero-order chi connectivity index (χ0) is 12.0. The summed E-state index contributed by atoms with van der Waals surface area (Å²) < 4.78 is 5.22. The fraction of sp³-hybridized carbons (Fsp3) is 0.308. The Bertz CT molecular complexity index is 601. The molecule has 3 rings (SSSR count). The summed E-state index contributed by atoms with van der Waals surface area (Å²) in [5, 5.41) is 4.01. The number of hydrogen-bond donors (Lipinski definition) is 2. The summed E-state index contributed by atoms with van der Waals surface area (Å²) in [6.07, 6.45) is 0.855. The molecule has 0 unspecified atom stereocenters. The number of methoxy groups -OCH3 is 1. The van der Waals surface area contributed by atoms with Crippen LogP contribution < -0.4 is 10.1 Å². The molecule has 17 heavy (non-hydrogen) atoms. The summed E-state index contributed by atoms with van der Waals surface area (Å²) >= 11 is 0. The maximum Gasteiger partial charge on any atom is 0.268 e. The number of benzene rings is 1. The molecule has 1 atom stereocenters. The number of rotatable bonds is 1. The molecule has 2 heterocycles. The van der Waals surface area contributed by atoms with E-state index in [0.717, 1.165) is 28.6 Å². The molecule has 88 valence electrons. The number of carbonyl (C=O) groups excluding carboxylic acids is 1. The van der Waals surface area contributed by atoms with E-state index in [1.807, 2.05) is 25.1 Å². The number of nitrogens with one attached hydrogen (secondary N) is 2. The van der Waals surface area contributed by atoms with Gasteiger partial charge in [0.15, 0.2) is 0 Å². The normalized spacial score (nSPS) is 18.9. The molecule has 1 aliphatic rings. The molecule has 4 nitrogen and oxygen atoms in total. The van der Waals surface area contributed by atoms with E-state index >= 15 is 0 Å². The van der Waals surface area contributed by atoms with Crippen molar-refractivity contribution >= 4 is 16.8 Å². The van der Waals surface area contributed by atoms with Crippen LogP contribution in [-0.4, -0.2) is 24.0 Å². The lowest BCUT2D eigenvalue weighted by Crippen LogP contribution is -2.39. The molecule has 1 aromatic heterocycles. The van der Waals surface area contributed by atoms with Crippen molar-refractivity contribution in [2.45, 2.75) is 19.4 Å². The minimum Gasteiger partial charge on any atom is -0.497 e. The Morgan fingerprint density at radius 3 is 3.00 bits per heavy atom. The number of carbonyl (C=O) groups is 1. The largest absolute Gasteiger partial charge is 0.497 e. The Hall–Kier alpha value is -1.97. The van der Waals surface area contributed by atoms with E-state index in [9.17, 15) is 4.79 Å². The zero-order valence-corrected chi connectivity index (χ0v) is 9.83. The molecule has 0 saturated carbocycles. The number of amides is 1. The first-order valence-electron chi connectivity index (χ1n) is 5.68. The van der Waals surface area contributed by atoms with E-state index in [0.29, 0.717) is 5.69 Å². The van der Waals surface area contributed by atoms with Crippen molar-refractivity contribution in [2.24, 2.45) is 0 Å². The Kier molecular flexibility index (Phi) is 2.11. The van der Waals surface area contributed by atoms with Gasteiger partial charge in [0.2, 0.25) is 0 Å². The monoisotopic (exact) mass is 230 g/mol. The number of hydrogen-bond acceptors (Lipinski definition) is 2. The quantitative estimate of drug-likeness (QED) is 0.785. The molecule has 0 saturated heterocycles. The third-order valence-corrected chi connectivity index (χ3v) is 3.23. The van der Waals surface area contributed by atoms with E-state index in [4.69, 9.17) is 4.74 Å². The third-order valence-electron chi connectivity index (χ3n) is 3.23. The summed E-state index contributed by atoms with van der Waals surface area (Å²) in [5.41, 5.74) is 2.77. The molecule has 1 amide bonds. The van der Waals surface area contributed by atoms with Gasteiger partial charge < -0.3 is 15.0 Å². The first-order valence-corrected chi connectivity index (χ1v) is 5.68. The number of aromatic nitrogens is 1. The van der Waals surface area contributed by atoms with Crippen molar-refractivity contribution in [1.82, 2.24) is 10.3 Å². The van der Waals surface area contributed by atoms with Gasteiger partial charge in [-0.1, -0.05) is 0 Å². The molecule has 1 aliphatic heterocycles. The smallest absolute Gasteiger partial charge is 0.268 e. The fourth-order valence-corrected chi connectivity index (χ4v) is 2.41. The summed E-state index contributed by atoms with van der Waals surface area (Å²) in [7, 11) is 1.65. The van der Waals surface area contributed by atoms with Crippen LogP contribution in [-0.2, 0) is 6.42 Å². The lowest BCUT2D eigenvalue weighted by molar-refractivity contribution is 0.0925. The molecule has 2 aromatic rings. The van der Waals surface area contributed by atoms with Gasteiger partial charge in [-0.3, -0.25) is 4.79 Å². The van der Waals surface area contributed by atoms with E-state index in [1.54, 1.807) is 7.11 Å². The molecule has 2 N–H and O–H groups in total. The average Bonchev–Trinajstić information content (AvgIpc) is 2.67. The second kappa shape index (κ2) is 3.52. The van der Waals surface area contributed by atoms with Gasteiger partial charge in [0, 0.05) is 16.9 Å². The van der Waals surface area contributed by atoms with Crippen molar-refractivity contribution in [1.29, 1.82) is 0 Å². The van der Waals surface area contributed by atoms with Crippen LogP contribution in [0.1, 0.15) is 23.0 Å². The maximum absolute atomic E-state index is 11.8. The fourth-order valence-electron chi connectivity index (χ4n) is 2.41. The molecule has 1 aromatic carbocycles. The van der Waals surface area contributed by atoms with Crippen LogP contribution in [0, 0.1) is 0 Å². The summed E-state index contributed by atoms with van der Waals surface area (Å²) in [5.74, 6) is 0.798. The van der Waals surface area contributed by atoms with Gasteiger partial charge in [-0.05, 0) is 37.1 Å². The van der Waals surface area contributed by atoms with Crippen LogP contribution in [0.5, 0.6) is 5.75 Å². The summed E-state index contributed by atoms with van der Waals surface area (Å²) in [6, 6.07) is 6.01. The Morgan fingerprint density at radius 2 is 2.24 bits per heavy atom. The van der Waals surface area contributed by atoms with E-state index in [2.05, 4.69) is 10.3 Å². The van der Waals surface area contributed by atoms with Gasteiger partial charge in [0.1, 0.15) is 11.4 Å². The maximum atomic E-state index is 11.8. The molecule has 0 aliphatic carbocycles. The van der Waals surface area contributed by atoms with E-state index in [-0.39, 0.29) is 11.9 Å². The molecular weight excluding hydrogens is 216 g/mol. The van der Waals surface area contributed by atoms with Crippen LogP contribution >= 0.6 is 0 Å². The van der Waals surface area contributed by atoms with Gasteiger partial charge in [-0.15, -0.1) is 0 Å². The van der Waals surface area contributed by atoms with Crippen molar-refractivity contribution in [3.8, 4) is 5.75 Å². The van der Waals surface area contributed by atoms with Crippen LogP contribution in [0.3, 0.4) is 0 Å². The Labute approximate surface area is 99.0 Å². The second-order valence-electron chi connectivity index (χ2n) is 4.47. The van der Waals surface area contributed by atoms with E-state index in [1.165, 1.54) is 0 Å². The minimum absolute atomic E-state index is 0.0195. The van der Waals surface area contributed by atoms with Gasteiger partial charge in [0.05, 0.1) is 7.11 Å². The van der Waals surface area contributed by atoms with Crippen LogP contribution in [0.25, 0.3) is 10.9 Å². The number of ether oxygens (including phenoxy) is 1. The third kappa shape index (κ3) is 1.48. The average molecular weight is 230 g/mol. The molecular formula is C13H14N2O2. The highest BCUT2D eigenvalue weighted by Crippen LogP contribution is 2.29. The van der Waals surface area contributed by atoms with Crippen LogP contribution in [0.4, 0.5) is 0 Å². The highest BCUT2D eigenvalue weighted by Gasteiger charge is 2.25. The molecule has 0 fully saturated rings. The van der Waals surface area contributed by atoms with Crippen LogP contribution in [0.2, 0.25) is 0 Å². The minimum atomic E-state index is -0.0195. The lowest BCUT2D eigenvalue weighted by Gasteiger charge is -2.19. The first-order chi connectivity index (χ1) is 8.19. The van der Waals surface area contributed by atoms with Crippen LogP contribution in [0.15, 0.2) is 18.2 Å². The molecule has 0 radical (unpaired) electrons. The van der Waals surface area contributed by atoms with Crippen molar-refractivity contribution in [2.75, 3.05) is 7.11 Å². The summed E-state index contributed by atoms with van der Waals surface area (Å²) in [4.78, 5) is 15.0. The standard InChI is InChI=1S/C13H14N2O2/c1-7-5-10-9-6-8(17-2)3-4-11(9)15-12(10)13(16)14-7/h3-4,6-7,15H,5H2,1-2H3,(H,14,16)/t7-/m1/s1. The van der Waals surface area contributed by atoms with Gasteiger partial charge in [0.25, 0.3) is 5.91 Å². The molecule has 4 heteroatoms. The predicted octanol–water partition coefficient (Wildman–Crippen LogP) is 1.85.